The maximum absolute atomic E-state index is 12.4. The first-order valence-electron chi connectivity index (χ1n) is 7.25. The molecule has 0 amide bonds. The average molecular weight is 334 g/mol. The van der Waals surface area contributed by atoms with E-state index in [1.807, 2.05) is 13.8 Å². The highest BCUT2D eigenvalue weighted by molar-refractivity contribution is 7.92. The topological polar surface area (TPSA) is 77.5 Å². The van der Waals surface area contributed by atoms with Crippen LogP contribution in [0.1, 0.15) is 23.1 Å². The number of ether oxygens (including phenoxy) is 2. The summed E-state index contributed by atoms with van der Waals surface area (Å²) >= 11 is 0. The van der Waals surface area contributed by atoms with Gasteiger partial charge in [0.2, 0.25) is 6.29 Å². The third kappa shape index (κ3) is 3.52. The Bertz CT molecular complexity index is 797. The average Bonchev–Trinajstić information content (AvgIpc) is 3.04. The molecule has 0 bridgehead atoms. The van der Waals surface area contributed by atoms with Crippen molar-refractivity contribution in [3.63, 3.8) is 0 Å². The predicted molar refractivity (Wildman–Crippen MR) is 85.6 cm³/mol. The van der Waals surface area contributed by atoms with Crippen LogP contribution >= 0.6 is 0 Å². The molecular formula is C16H18N2O4S. The molecule has 0 spiro atoms. The summed E-state index contributed by atoms with van der Waals surface area (Å²) in [5, 5.41) is 0. The Morgan fingerprint density at radius 2 is 1.78 bits per heavy atom. The van der Waals surface area contributed by atoms with Crippen LogP contribution in [0, 0.1) is 13.8 Å². The molecule has 1 aromatic carbocycles. The van der Waals surface area contributed by atoms with Crippen LogP contribution in [0.3, 0.4) is 0 Å². The zero-order valence-electron chi connectivity index (χ0n) is 12.9. The van der Waals surface area contributed by atoms with E-state index >= 15 is 0 Å². The van der Waals surface area contributed by atoms with Crippen molar-refractivity contribution in [2.45, 2.75) is 25.0 Å². The van der Waals surface area contributed by atoms with Gasteiger partial charge in [0.25, 0.3) is 10.0 Å². The second kappa shape index (κ2) is 6.27. The van der Waals surface area contributed by atoms with Gasteiger partial charge in [-0.05, 0) is 37.6 Å². The molecule has 1 N–H and O–H groups in total. The molecule has 1 aromatic heterocycles. The predicted octanol–water partition coefficient (Wildman–Crippen LogP) is 2.54. The summed E-state index contributed by atoms with van der Waals surface area (Å²) in [6, 6.07) is 8.45. The van der Waals surface area contributed by atoms with Gasteiger partial charge in [0.1, 0.15) is 0 Å². The number of hydrogen-bond acceptors (Lipinski definition) is 5. The maximum atomic E-state index is 12.4. The van der Waals surface area contributed by atoms with Crippen LogP contribution in [0.15, 0.2) is 41.4 Å². The molecule has 0 unspecified atom stereocenters. The van der Waals surface area contributed by atoms with Crippen molar-refractivity contribution in [3.8, 4) is 0 Å². The molecule has 3 rings (SSSR count). The Labute approximate surface area is 135 Å². The number of anilines is 1. The van der Waals surface area contributed by atoms with Gasteiger partial charge in [-0.25, -0.2) is 8.42 Å². The number of pyridine rings is 1. The van der Waals surface area contributed by atoms with Gasteiger partial charge in [-0.15, -0.1) is 0 Å². The first-order valence-corrected chi connectivity index (χ1v) is 8.73. The summed E-state index contributed by atoms with van der Waals surface area (Å²) in [6.45, 7) is 4.79. The first-order chi connectivity index (χ1) is 11.0. The maximum Gasteiger partial charge on any atom is 0.261 e. The molecule has 0 radical (unpaired) electrons. The lowest BCUT2D eigenvalue weighted by atomic mass is 10.2. The van der Waals surface area contributed by atoms with Crippen LogP contribution in [-0.2, 0) is 19.5 Å². The molecule has 2 heterocycles. The minimum absolute atomic E-state index is 0.217. The molecule has 1 fully saturated rings. The number of nitrogens with zero attached hydrogens (tertiary/aromatic N) is 1. The molecule has 0 saturated carbocycles. The van der Waals surface area contributed by atoms with E-state index in [9.17, 15) is 8.42 Å². The van der Waals surface area contributed by atoms with Crippen molar-refractivity contribution in [1.29, 1.82) is 0 Å². The van der Waals surface area contributed by atoms with Crippen LogP contribution in [-0.4, -0.2) is 26.6 Å². The molecule has 0 atom stereocenters. The molecule has 0 aliphatic carbocycles. The van der Waals surface area contributed by atoms with E-state index in [0.717, 1.165) is 11.1 Å². The number of rotatable bonds is 4. The Hall–Kier alpha value is -1.96. The summed E-state index contributed by atoms with van der Waals surface area (Å²) in [5.41, 5.74) is 2.83. The minimum Gasteiger partial charge on any atom is -0.345 e. The molecule has 6 nitrogen and oxygen atoms in total. The molecule has 7 heteroatoms. The fourth-order valence-electron chi connectivity index (χ4n) is 2.26. The molecule has 23 heavy (non-hydrogen) atoms. The lowest BCUT2D eigenvalue weighted by Gasteiger charge is -2.13. The highest BCUT2D eigenvalue weighted by Crippen LogP contribution is 2.26. The van der Waals surface area contributed by atoms with Gasteiger partial charge in [0.15, 0.2) is 0 Å². The molecule has 1 aliphatic rings. The van der Waals surface area contributed by atoms with E-state index in [2.05, 4.69) is 9.71 Å². The lowest BCUT2D eigenvalue weighted by Crippen LogP contribution is -2.14. The van der Waals surface area contributed by atoms with E-state index in [4.69, 9.17) is 9.47 Å². The minimum atomic E-state index is -3.64. The van der Waals surface area contributed by atoms with E-state index in [1.54, 1.807) is 30.3 Å². The number of aryl methyl sites for hydroxylation is 2. The molecular weight excluding hydrogens is 316 g/mol. The second-order valence-corrected chi connectivity index (χ2v) is 7.10. The Balaban J connectivity index is 1.83. The Kier molecular flexibility index (Phi) is 4.34. The van der Waals surface area contributed by atoms with E-state index in [-0.39, 0.29) is 4.90 Å². The van der Waals surface area contributed by atoms with Crippen LogP contribution in [0.25, 0.3) is 0 Å². The van der Waals surface area contributed by atoms with Gasteiger partial charge in [-0.1, -0.05) is 17.7 Å². The summed E-state index contributed by atoms with van der Waals surface area (Å²) in [6.07, 6.45) is 1.01. The monoisotopic (exact) mass is 334 g/mol. The van der Waals surface area contributed by atoms with Crippen molar-refractivity contribution in [2.24, 2.45) is 0 Å². The van der Waals surface area contributed by atoms with Crippen LogP contribution < -0.4 is 4.72 Å². The fraction of sp³-hybridized carbons (Fsp3) is 0.312. The number of hydrogen-bond donors (Lipinski definition) is 1. The second-order valence-electron chi connectivity index (χ2n) is 5.42. The van der Waals surface area contributed by atoms with Gasteiger partial charge in [-0.2, -0.15) is 0 Å². The Morgan fingerprint density at radius 1 is 1.13 bits per heavy atom. The van der Waals surface area contributed by atoms with Gasteiger partial charge >= 0.3 is 0 Å². The molecule has 1 aliphatic heterocycles. The molecule has 2 aromatic rings. The van der Waals surface area contributed by atoms with Crippen LogP contribution in [0.4, 0.5) is 5.69 Å². The van der Waals surface area contributed by atoms with Crippen LogP contribution in [0.5, 0.6) is 0 Å². The van der Waals surface area contributed by atoms with Gasteiger partial charge in [0.05, 0.1) is 35.7 Å². The zero-order valence-corrected chi connectivity index (χ0v) is 13.8. The third-order valence-electron chi connectivity index (χ3n) is 3.57. The fourth-order valence-corrected chi connectivity index (χ4v) is 3.38. The van der Waals surface area contributed by atoms with E-state index in [0.29, 0.717) is 24.6 Å². The van der Waals surface area contributed by atoms with E-state index < -0.39 is 16.3 Å². The quantitative estimate of drug-likeness (QED) is 0.930. The van der Waals surface area contributed by atoms with Gasteiger partial charge in [-0.3, -0.25) is 9.71 Å². The number of sulfonamides is 1. The number of nitrogens with one attached hydrogen (secondary N) is 1. The molecule has 1 saturated heterocycles. The van der Waals surface area contributed by atoms with Crippen molar-refractivity contribution in [3.05, 3.63) is 53.3 Å². The van der Waals surface area contributed by atoms with Crippen molar-refractivity contribution in [1.82, 2.24) is 4.98 Å². The van der Waals surface area contributed by atoms with Crippen LogP contribution in [0.2, 0.25) is 0 Å². The number of benzene rings is 1. The van der Waals surface area contributed by atoms with Gasteiger partial charge < -0.3 is 9.47 Å². The highest BCUT2D eigenvalue weighted by atomic mass is 32.2. The van der Waals surface area contributed by atoms with Crippen molar-refractivity contribution >= 4 is 15.7 Å². The summed E-state index contributed by atoms with van der Waals surface area (Å²) in [4.78, 5) is 4.45. The van der Waals surface area contributed by atoms with Gasteiger partial charge in [0, 0.05) is 0 Å². The highest BCUT2D eigenvalue weighted by Gasteiger charge is 2.21. The zero-order chi connectivity index (χ0) is 16.4. The molecule has 122 valence electrons. The Morgan fingerprint density at radius 3 is 2.39 bits per heavy atom. The lowest BCUT2D eigenvalue weighted by molar-refractivity contribution is -0.0473. The number of aromatic nitrogens is 1. The summed E-state index contributed by atoms with van der Waals surface area (Å²) in [7, 11) is -3.64. The third-order valence-corrected chi connectivity index (χ3v) is 4.95. The van der Waals surface area contributed by atoms with Crippen molar-refractivity contribution in [2.75, 3.05) is 17.9 Å². The largest absolute Gasteiger partial charge is 0.345 e. The van der Waals surface area contributed by atoms with Crippen molar-refractivity contribution < 1.29 is 17.9 Å². The summed E-state index contributed by atoms with van der Waals surface area (Å²) in [5.74, 6) is 0. The standard InChI is InChI=1S/C16H18N2O4S/c1-11-3-5-13(6-4-11)23(19,20)18-15-10-17-14(9-12(15)2)16-21-7-8-22-16/h3-6,9-10,16,18H,7-8H2,1-2H3. The first kappa shape index (κ1) is 15.9. The van der Waals surface area contributed by atoms with E-state index in [1.165, 1.54) is 6.20 Å². The SMILES string of the molecule is Cc1ccc(S(=O)(=O)Nc2cnc(C3OCCO3)cc2C)cc1. The smallest absolute Gasteiger partial charge is 0.261 e. The normalized spacial score (nSPS) is 15.7. The summed E-state index contributed by atoms with van der Waals surface area (Å²) < 4.78 is 38.2.